The Morgan fingerprint density at radius 3 is 1.19 bits per heavy atom. The summed E-state index contributed by atoms with van der Waals surface area (Å²) in [7, 11) is 0. The smallest absolute Gasteiger partial charge is 0.133 e. The Hall–Kier alpha value is 0.360. The van der Waals surface area contributed by atoms with Crippen molar-refractivity contribution in [2.75, 3.05) is 65.8 Å². The summed E-state index contributed by atoms with van der Waals surface area (Å²) in [6, 6.07) is 0. The van der Waals surface area contributed by atoms with Crippen LogP contribution >= 0.6 is 49.7 Å². The molecule has 1 rings (SSSR count). The third kappa shape index (κ3) is 9.17. The molecule has 5 nitrogen and oxygen atoms in total. The van der Waals surface area contributed by atoms with Gasteiger partial charge in [-0.1, -0.05) is 24.4 Å². The molecule has 9 heteroatoms. The van der Waals surface area contributed by atoms with E-state index in [1.807, 2.05) is 9.80 Å². The van der Waals surface area contributed by atoms with Crippen LogP contribution in [0.5, 0.6) is 0 Å². The van der Waals surface area contributed by atoms with E-state index in [-0.39, 0.29) is 0 Å². The van der Waals surface area contributed by atoms with Gasteiger partial charge in [-0.05, 0) is 0 Å². The molecule has 0 amide bonds. The number of rotatable bonds is 0. The van der Waals surface area contributed by atoms with Crippen LogP contribution in [0.25, 0.3) is 0 Å². The summed E-state index contributed by atoms with van der Waals surface area (Å²) in [6.45, 7) is 6.31. The molecule has 0 N–H and O–H groups in total. The second-order valence-corrected chi connectivity index (χ2v) is 6.60. The van der Waals surface area contributed by atoms with Gasteiger partial charge in [-0.25, -0.2) is 0 Å². The van der Waals surface area contributed by atoms with Crippen LogP contribution in [0, 0.1) is 0 Å². The Kier molecular flexibility index (Phi) is 11.0. The van der Waals surface area contributed by atoms with Gasteiger partial charge in [-0.15, -0.1) is 25.3 Å². The van der Waals surface area contributed by atoms with E-state index < -0.39 is 0 Å². The molecule has 0 unspecified atom stereocenters. The van der Waals surface area contributed by atoms with Gasteiger partial charge in [0.25, 0.3) is 0 Å². The molecule has 1 fully saturated rings. The molecule has 122 valence electrons. The average molecular weight is 371 g/mol. The van der Waals surface area contributed by atoms with Crippen LogP contribution in [0.2, 0.25) is 0 Å². The lowest BCUT2D eigenvalue weighted by atomic mass is 10.5. The van der Waals surface area contributed by atoms with Gasteiger partial charge in [-0.2, -0.15) is 0 Å². The highest BCUT2D eigenvalue weighted by Crippen LogP contribution is 2.00. The van der Waals surface area contributed by atoms with E-state index in [0.717, 1.165) is 0 Å². The summed E-state index contributed by atoms with van der Waals surface area (Å²) in [5.74, 6) is 0. The van der Waals surface area contributed by atoms with Crippen LogP contribution < -0.4 is 0 Å². The molecule has 1 heterocycles. The Balaban J connectivity index is 2.44. The second kappa shape index (κ2) is 11.9. The van der Waals surface area contributed by atoms with E-state index in [4.69, 9.17) is 38.6 Å². The lowest BCUT2D eigenvalue weighted by Crippen LogP contribution is -2.35. The third-order valence-electron chi connectivity index (χ3n) is 2.94. The maximum atomic E-state index is 5.62. The second-order valence-electron chi connectivity index (χ2n) is 4.38. The summed E-state index contributed by atoms with van der Waals surface area (Å²) in [5.41, 5.74) is 0. The number of ether oxygens (including phenoxy) is 3. The van der Waals surface area contributed by atoms with E-state index in [1.165, 1.54) is 0 Å². The Labute approximate surface area is 148 Å². The van der Waals surface area contributed by atoms with Gasteiger partial charge in [-0.3, -0.25) is 0 Å². The molecule has 0 spiro atoms. The Bertz CT molecular complexity index is 304. The van der Waals surface area contributed by atoms with Crippen molar-refractivity contribution in [1.29, 1.82) is 0 Å². The van der Waals surface area contributed by atoms with Gasteiger partial charge in [0.15, 0.2) is 0 Å². The number of nitrogens with zero attached hydrogens (tertiary/aromatic N) is 2. The van der Waals surface area contributed by atoms with Crippen LogP contribution in [-0.4, -0.2) is 84.3 Å². The van der Waals surface area contributed by atoms with Gasteiger partial charge in [0.2, 0.25) is 0 Å². The lowest BCUT2D eigenvalue weighted by Gasteiger charge is -2.23. The van der Waals surface area contributed by atoms with Crippen LogP contribution in [0.15, 0.2) is 0 Å². The van der Waals surface area contributed by atoms with Crippen molar-refractivity contribution in [3.8, 4) is 0 Å². The van der Waals surface area contributed by atoms with E-state index in [9.17, 15) is 0 Å². The highest BCUT2D eigenvalue weighted by atomic mass is 32.1. The largest absolute Gasteiger partial charge is 0.378 e. The fraction of sp³-hybridized carbons (Fsp3) is 0.833. The standard InChI is InChI=1S/C12H22N2O3S4/c18-11(19)13-1-5-15-6-2-14(12(20)21)4-8-17-10-9-16-7-3-13/h1-10H2,(H,18,19)(H,20,21). The highest BCUT2D eigenvalue weighted by molar-refractivity contribution is 8.11. The summed E-state index contributed by atoms with van der Waals surface area (Å²) in [5, 5.41) is 0. The number of thiocarbonyl (C=S) groups is 2. The van der Waals surface area contributed by atoms with Crippen LogP contribution in [0.1, 0.15) is 0 Å². The first-order valence-electron chi connectivity index (χ1n) is 6.80. The van der Waals surface area contributed by atoms with Crippen LogP contribution in [0.4, 0.5) is 0 Å². The summed E-state index contributed by atoms with van der Waals surface area (Å²) in [6.07, 6.45) is 0. The lowest BCUT2D eigenvalue weighted by molar-refractivity contribution is 0.0414. The number of hydrogen-bond donors (Lipinski definition) is 2. The van der Waals surface area contributed by atoms with Crippen LogP contribution in [0.3, 0.4) is 0 Å². The molecule has 0 radical (unpaired) electrons. The fourth-order valence-electron chi connectivity index (χ4n) is 1.73. The van der Waals surface area contributed by atoms with E-state index in [0.29, 0.717) is 74.5 Å². The normalized spacial score (nSPS) is 20.5. The van der Waals surface area contributed by atoms with Crippen molar-refractivity contribution in [3.05, 3.63) is 0 Å². The van der Waals surface area contributed by atoms with Crippen molar-refractivity contribution < 1.29 is 14.2 Å². The average Bonchev–Trinajstić information content (AvgIpc) is 2.44. The van der Waals surface area contributed by atoms with Crippen molar-refractivity contribution in [3.63, 3.8) is 0 Å². The zero-order valence-corrected chi connectivity index (χ0v) is 15.3. The molecule has 1 aliphatic rings. The van der Waals surface area contributed by atoms with Crippen molar-refractivity contribution >= 4 is 58.3 Å². The Morgan fingerprint density at radius 2 is 0.905 bits per heavy atom. The van der Waals surface area contributed by atoms with Gasteiger partial charge in [0.05, 0.1) is 39.6 Å². The minimum atomic E-state index is 0.556. The van der Waals surface area contributed by atoms with Crippen molar-refractivity contribution in [2.24, 2.45) is 0 Å². The van der Waals surface area contributed by atoms with Crippen molar-refractivity contribution in [1.82, 2.24) is 9.80 Å². The predicted octanol–water partition coefficient (Wildman–Crippen LogP) is 1.08. The van der Waals surface area contributed by atoms with Gasteiger partial charge < -0.3 is 24.0 Å². The molecule has 0 bridgehead atoms. The maximum absolute atomic E-state index is 5.62. The highest BCUT2D eigenvalue weighted by Gasteiger charge is 2.09. The third-order valence-corrected chi connectivity index (χ3v) is 4.02. The summed E-state index contributed by atoms with van der Waals surface area (Å²) < 4.78 is 17.7. The van der Waals surface area contributed by atoms with E-state index in [1.54, 1.807) is 0 Å². The maximum Gasteiger partial charge on any atom is 0.133 e. The molecule has 0 aromatic carbocycles. The first-order chi connectivity index (χ1) is 10.1. The molecule has 1 saturated heterocycles. The van der Waals surface area contributed by atoms with Gasteiger partial charge in [0, 0.05) is 26.2 Å². The fourth-order valence-corrected chi connectivity index (χ4v) is 2.49. The van der Waals surface area contributed by atoms with E-state index >= 15 is 0 Å². The predicted molar refractivity (Wildman–Crippen MR) is 98.8 cm³/mol. The molecular formula is C12H22N2O3S4. The minimum absolute atomic E-state index is 0.556. The SMILES string of the molecule is S=C(S)N1CCOCCOCCN(C(=S)S)CCOCC1. The molecule has 0 aromatic heterocycles. The molecule has 0 aliphatic carbocycles. The zero-order valence-electron chi connectivity index (χ0n) is 11.9. The van der Waals surface area contributed by atoms with Gasteiger partial charge >= 0.3 is 0 Å². The molecule has 0 aromatic rings. The Morgan fingerprint density at radius 1 is 0.619 bits per heavy atom. The topological polar surface area (TPSA) is 34.2 Å². The first kappa shape index (κ1) is 19.4. The monoisotopic (exact) mass is 370 g/mol. The quantitative estimate of drug-likeness (QED) is 0.488. The molecule has 0 atom stereocenters. The van der Waals surface area contributed by atoms with E-state index in [2.05, 4.69) is 25.3 Å². The van der Waals surface area contributed by atoms with Crippen molar-refractivity contribution in [2.45, 2.75) is 0 Å². The molecular weight excluding hydrogens is 348 g/mol. The minimum Gasteiger partial charge on any atom is -0.378 e. The molecule has 1 aliphatic heterocycles. The summed E-state index contributed by atoms with van der Waals surface area (Å²) in [4.78, 5) is 3.92. The number of hydrogen-bond acceptors (Lipinski definition) is 5. The number of thiol groups is 2. The van der Waals surface area contributed by atoms with Gasteiger partial charge in [0.1, 0.15) is 8.64 Å². The zero-order chi connectivity index (χ0) is 15.5. The molecule has 21 heavy (non-hydrogen) atoms. The molecule has 0 saturated carbocycles. The summed E-state index contributed by atoms with van der Waals surface area (Å²) >= 11 is 18.6. The first-order valence-corrected chi connectivity index (χ1v) is 8.51. The van der Waals surface area contributed by atoms with Crippen LogP contribution in [-0.2, 0) is 14.2 Å².